The Morgan fingerprint density at radius 1 is 0.629 bits per heavy atom. The molecule has 0 spiro atoms. The zero-order chi connectivity index (χ0) is 43.0. The van der Waals surface area contributed by atoms with Crippen LogP contribution in [0.4, 0.5) is 11.6 Å². The van der Waals surface area contributed by atoms with Crippen molar-refractivity contribution in [3.05, 3.63) is 165 Å². The lowest BCUT2D eigenvalue weighted by Crippen LogP contribution is -2.19. The van der Waals surface area contributed by atoms with Crippen LogP contribution >= 0.6 is 0 Å². The number of anilines is 2. The third-order valence-corrected chi connectivity index (χ3v) is 11.1. The molecule has 12 nitrogen and oxygen atoms in total. The standard InChI is InChI=1S/C24H25N5O.C24H21N5O.C2H6/c2*1-16-12-19-18(13-25)8-5-9-22(19)29(16)24-27-21-10-11-30-15-20(21)23(28-24)26-14-17-6-3-2-4-7-17;1-2/h2-9,12H,10-11,13-15,25H2,1H3,(H,26,27,28);2-9,12H,10-11,14-15H2,1H3,(H,26,27,28);1-2H3. The molecule has 0 aliphatic carbocycles. The van der Waals surface area contributed by atoms with E-state index in [-0.39, 0.29) is 0 Å². The second-order valence-corrected chi connectivity index (χ2v) is 15.0. The summed E-state index contributed by atoms with van der Waals surface area (Å²) >= 11 is 0. The van der Waals surface area contributed by atoms with Gasteiger partial charge in [-0.2, -0.15) is 15.2 Å². The van der Waals surface area contributed by atoms with E-state index in [0.29, 0.717) is 63.5 Å². The highest BCUT2D eigenvalue weighted by molar-refractivity contribution is 5.88. The minimum Gasteiger partial charge on any atom is -0.376 e. The third-order valence-electron chi connectivity index (χ3n) is 11.1. The summed E-state index contributed by atoms with van der Waals surface area (Å²) in [5.74, 6) is 2.95. The number of ether oxygens (including phenoxy) is 2. The second kappa shape index (κ2) is 19.2. The number of nitrogens with zero attached hydrogens (tertiary/aromatic N) is 7. The van der Waals surface area contributed by atoms with E-state index in [1.54, 1.807) is 0 Å². The Balaban J connectivity index is 0.000000164. The van der Waals surface area contributed by atoms with E-state index in [1.165, 1.54) is 11.1 Å². The van der Waals surface area contributed by atoms with Crippen molar-refractivity contribution in [2.24, 2.45) is 5.73 Å². The number of hydrogen-bond acceptors (Lipinski definition) is 10. The van der Waals surface area contributed by atoms with Crippen molar-refractivity contribution in [3.8, 4) is 18.0 Å². The van der Waals surface area contributed by atoms with Gasteiger partial charge in [-0.3, -0.25) is 9.13 Å². The lowest BCUT2D eigenvalue weighted by molar-refractivity contribution is 0.109. The number of nitriles is 1. The Labute approximate surface area is 362 Å². The van der Waals surface area contributed by atoms with Crippen molar-refractivity contribution >= 4 is 33.4 Å². The smallest absolute Gasteiger partial charge is 0.236 e. The van der Waals surface area contributed by atoms with Crippen LogP contribution in [0.5, 0.6) is 0 Å². The van der Waals surface area contributed by atoms with Crippen molar-refractivity contribution in [2.75, 3.05) is 23.8 Å². The largest absolute Gasteiger partial charge is 0.376 e. The number of nitrogens with one attached hydrogen (secondary N) is 2. The van der Waals surface area contributed by atoms with Gasteiger partial charge in [0.15, 0.2) is 0 Å². The predicted octanol–water partition coefficient (Wildman–Crippen LogP) is 9.18. The van der Waals surface area contributed by atoms with Gasteiger partial charge in [-0.25, -0.2) is 9.97 Å². The molecule has 0 radical (unpaired) electrons. The van der Waals surface area contributed by atoms with E-state index in [9.17, 15) is 5.26 Å². The van der Waals surface area contributed by atoms with Gasteiger partial charge in [-0.15, -0.1) is 0 Å². The average molecular weight is 825 g/mol. The lowest BCUT2D eigenvalue weighted by atomic mass is 10.1. The van der Waals surface area contributed by atoms with Gasteiger partial charge in [0.05, 0.1) is 60.5 Å². The van der Waals surface area contributed by atoms with Crippen LogP contribution in [-0.4, -0.2) is 42.3 Å². The van der Waals surface area contributed by atoms with Gasteiger partial charge in [0.25, 0.3) is 0 Å². The first kappa shape index (κ1) is 41.8. The van der Waals surface area contributed by atoms with E-state index in [1.807, 2.05) is 92.1 Å². The highest BCUT2D eigenvalue weighted by Gasteiger charge is 2.23. The first-order chi connectivity index (χ1) is 30.5. The van der Waals surface area contributed by atoms with Crippen molar-refractivity contribution in [1.29, 1.82) is 5.26 Å². The second-order valence-electron chi connectivity index (χ2n) is 15.0. The fraction of sp³-hybridized carbons (Fsp3) is 0.260. The Bertz CT molecular complexity index is 2860. The van der Waals surface area contributed by atoms with E-state index >= 15 is 0 Å². The molecule has 4 N–H and O–H groups in total. The maximum atomic E-state index is 9.47. The van der Waals surface area contributed by atoms with Crippen LogP contribution < -0.4 is 16.4 Å². The summed E-state index contributed by atoms with van der Waals surface area (Å²) in [4.78, 5) is 19.7. The Hall–Kier alpha value is -6.91. The molecule has 0 fully saturated rings. The van der Waals surface area contributed by atoms with E-state index in [4.69, 9.17) is 35.1 Å². The summed E-state index contributed by atoms with van der Waals surface area (Å²) in [5.41, 5.74) is 18.4. The van der Waals surface area contributed by atoms with Crippen LogP contribution in [0.2, 0.25) is 0 Å². The van der Waals surface area contributed by atoms with Crippen molar-refractivity contribution in [3.63, 3.8) is 0 Å². The maximum Gasteiger partial charge on any atom is 0.236 e. The van der Waals surface area contributed by atoms with Gasteiger partial charge in [0, 0.05) is 65.8 Å². The molecule has 2 aliphatic heterocycles. The Morgan fingerprint density at radius 2 is 1.11 bits per heavy atom. The lowest BCUT2D eigenvalue weighted by Gasteiger charge is -2.21. The van der Waals surface area contributed by atoms with Gasteiger partial charge in [-0.1, -0.05) is 92.7 Å². The molecule has 8 aromatic rings. The zero-order valence-electron chi connectivity index (χ0n) is 35.8. The first-order valence-electron chi connectivity index (χ1n) is 21.3. The summed E-state index contributed by atoms with van der Waals surface area (Å²) in [6.45, 7) is 12.4. The van der Waals surface area contributed by atoms with Crippen LogP contribution in [0.3, 0.4) is 0 Å². The van der Waals surface area contributed by atoms with Crippen LogP contribution in [0, 0.1) is 25.2 Å². The fourth-order valence-electron chi connectivity index (χ4n) is 8.09. The molecular weight excluding hydrogens is 773 g/mol. The number of benzene rings is 4. The summed E-state index contributed by atoms with van der Waals surface area (Å²) in [5, 5.41) is 18.5. The molecule has 4 aromatic carbocycles. The number of hydrogen-bond donors (Lipinski definition) is 3. The third kappa shape index (κ3) is 8.64. The van der Waals surface area contributed by atoms with Crippen LogP contribution in [0.1, 0.15) is 70.0 Å². The topological polar surface area (TPSA) is 154 Å². The molecule has 0 amide bonds. The highest BCUT2D eigenvalue weighted by Crippen LogP contribution is 2.31. The monoisotopic (exact) mass is 824 g/mol. The Kier molecular flexibility index (Phi) is 13.0. The number of aromatic nitrogens is 6. The highest BCUT2D eigenvalue weighted by atomic mass is 16.5. The minimum atomic E-state index is 0.507. The SMILES string of the molecule is CC.Cc1cc2c(C#N)cccc2n1-c1nc2c(c(NCc3ccccc3)n1)COCC2.Cc1cc2c(CN)cccc2n1-c1nc2c(c(NCc3ccccc3)n1)COCC2. The molecule has 0 saturated carbocycles. The van der Waals surface area contributed by atoms with Crippen molar-refractivity contribution in [1.82, 2.24) is 29.1 Å². The maximum absolute atomic E-state index is 9.47. The van der Waals surface area contributed by atoms with Gasteiger partial charge < -0.3 is 25.8 Å². The molecule has 12 heteroatoms. The number of nitrogens with two attached hydrogens (primary N) is 1. The summed E-state index contributed by atoms with van der Waals surface area (Å²) < 4.78 is 15.5. The normalized spacial score (nSPS) is 12.9. The van der Waals surface area contributed by atoms with Gasteiger partial charge >= 0.3 is 0 Å². The molecule has 0 saturated heterocycles. The fourth-order valence-corrected chi connectivity index (χ4v) is 8.09. The van der Waals surface area contributed by atoms with Gasteiger partial charge in [0.1, 0.15) is 11.6 Å². The molecule has 62 heavy (non-hydrogen) atoms. The minimum absolute atomic E-state index is 0.507. The zero-order valence-corrected chi connectivity index (χ0v) is 35.8. The van der Waals surface area contributed by atoms with Gasteiger partial charge in [0.2, 0.25) is 11.9 Å². The summed E-state index contributed by atoms with van der Waals surface area (Å²) in [6.07, 6.45) is 1.55. The molecule has 314 valence electrons. The van der Waals surface area contributed by atoms with Crippen LogP contribution in [-0.2, 0) is 55.2 Å². The Morgan fingerprint density at radius 3 is 1.61 bits per heavy atom. The number of rotatable bonds is 9. The molecule has 2 aliphatic rings. The molecule has 0 bridgehead atoms. The number of fused-ring (bicyclic) bond motifs is 4. The van der Waals surface area contributed by atoms with Gasteiger partial charge in [-0.05, 0) is 60.9 Å². The molecule has 10 rings (SSSR count). The van der Waals surface area contributed by atoms with Crippen LogP contribution in [0.15, 0.2) is 109 Å². The van der Waals surface area contributed by atoms with E-state index < -0.39 is 0 Å². The molecule has 0 atom stereocenters. The average Bonchev–Trinajstić information content (AvgIpc) is 3.86. The number of aryl methyl sites for hydroxylation is 2. The molecular formula is C50H52N10O2. The van der Waals surface area contributed by atoms with E-state index in [2.05, 4.69) is 70.7 Å². The molecule has 6 heterocycles. The van der Waals surface area contributed by atoms with Crippen LogP contribution in [0.25, 0.3) is 33.7 Å². The summed E-state index contributed by atoms with van der Waals surface area (Å²) in [6, 6.07) is 39.0. The predicted molar refractivity (Wildman–Crippen MR) is 245 cm³/mol. The quantitative estimate of drug-likeness (QED) is 0.128. The van der Waals surface area contributed by atoms with Crippen molar-refractivity contribution in [2.45, 2.75) is 73.4 Å². The molecule has 0 unspecified atom stereocenters. The van der Waals surface area contributed by atoms with Crippen molar-refractivity contribution < 1.29 is 9.47 Å². The first-order valence-corrected chi connectivity index (χ1v) is 21.3. The van der Waals surface area contributed by atoms with E-state index in [0.717, 1.165) is 85.7 Å². The summed E-state index contributed by atoms with van der Waals surface area (Å²) in [7, 11) is 0. The molecule has 4 aromatic heterocycles.